The molecule has 0 amide bonds. The SMILES string of the molecule is CCOc1ccc(-c2cc3c(=O)[nH]ccn3n2)cc1Cl. The van der Waals surface area contributed by atoms with E-state index in [-0.39, 0.29) is 5.56 Å². The Bertz CT molecular complexity index is 823. The maximum absolute atomic E-state index is 11.7. The standard InChI is InChI=1S/C14H12ClN3O2/c1-2-20-13-4-3-9(7-10(13)15)11-8-12-14(19)16-5-6-18(12)17-11/h3-8H,2H2,1H3,(H,16,19). The van der Waals surface area contributed by atoms with Crippen LogP contribution in [0.3, 0.4) is 0 Å². The third-order valence-corrected chi connectivity index (χ3v) is 3.22. The van der Waals surface area contributed by atoms with Gasteiger partial charge in [-0.1, -0.05) is 11.6 Å². The minimum atomic E-state index is -0.178. The van der Waals surface area contributed by atoms with E-state index < -0.39 is 0 Å². The predicted octanol–water partition coefficient (Wildman–Crippen LogP) is 2.74. The highest BCUT2D eigenvalue weighted by Gasteiger charge is 2.09. The van der Waals surface area contributed by atoms with E-state index in [0.717, 1.165) is 5.56 Å². The van der Waals surface area contributed by atoms with Gasteiger partial charge < -0.3 is 9.72 Å². The fourth-order valence-corrected chi connectivity index (χ4v) is 2.24. The second kappa shape index (κ2) is 5.02. The third-order valence-electron chi connectivity index (χ3n) is 2.93. The van der Waals surface area contributed by atoms with E-state index in [0.29, 0.717) is 28.6 Å². The van der Waals surface area contributed by atoms with Crippen LogP contribution in [-0.2, 0) is 0 Å². The molecule has 0 atom stereocenters. The highest BCUT2D eigenvalue weighted by Crippen LogP contribution is 2.29. The topological polar surface area (TPSA) is 59.4 Å². The molecule has 0 saturated heterocycles. The Hall–Kier alpha value is -2.27. The molecule has 0 saturated carbocycles. The monoisotopic (exact) mass is 289 g/mol. The Morgan fingerprint density at radius 1 is 1.40 bits per heavy atom. The minimum Gasteiger partial charge on any atom is -0.492 e. The molecule has 5 nitrogen and oxygen atoms in total. The number of halogens is 1. The van der Waals surface area contributed by atoms with Crippen LogP contribution < -0.4 is 10.3 Å². The molecule has 1 aromatic carbocycles. The minimum absolute atomic E-state index is 0.178. The average molecular weight is 290 g/mol. The first-order valence-electron chi connectivity index (χ1n) is 6.19. The van der Waals surface area contributed by atoms with Crippen LogP contribution in [0.15, 0.2) is 41.5 Å². The molecule has 0 aliphatic carbocycles. The fourth-order valence-electron chi connectivity index (χ4n) is 2.01. The number of fused-ring (bicyclic) bond motifs is 1. The van der Waals surface area contributed by atoms with Crippen molar-refractivity contribution in [2.45, 2.75) is 6.92 Å². The zero-order chi connectivity index (χ0) is 14.1. The highest BCUT2D eigenvalue weighted by molar-refractivity contribution is 6.32. The van der Waals surface area contributed by atoms with Crippen LogP contribution in [0.4, 0.5) is 0 Å². The molecule has 6 heteroatoms. The number of hydrogen-bond acceptors (Lipinski definition) is 3. The summed E-state index contributed by atoms with van der Waals surface area (Å²) < 4.78 is 6.93. The van der Waals surface area contributed by atoms with Crippen molar-refractivity contribution in [3.63, 3.8) is 0 Å². The Morgan fingerprint density at radius 2 is 2.25 bits per heavy atom. The molecule has 102 valence electrons. The van der Waals surface area contributed by atoms with E-state index in [4.69, 9.17) is 16.3 Å². The van der Waals surface area contributed by atoms with E-state index in [1.807, 2.05) is 13.0 Å². The quantitative estimate of drug-likeness (QED) is 0.806. The first-order chi connectivity index (χ1) is 9.69. The van der Waals surface area contributed by atoms with Gasteiger partial charge in [0, 0.05) is 18.0 Å². The van der Waals surface area contributed by atoms with Crippen LogP contribution in [0.2, 0.25) is 5.02 Å². The maximum atomic E-state index is 11.7. The van der Waals surface area contributed by atoms with Gasteiger partial charge in [0.15, 0.2) is 0 Å². The largest absolute Gasteiger partial charge is 0.492 e. The normalized spacial score (nSPS) is 10.9. The van der Waals surface area contributed by atoms with Crippen molar-refractivity contribution in [3.8, 4) is 17.0 Å². The van der Waals surface area contributed by atoms with Crippen molar-refractivity contribution < 1.29 is 4.74 Å². The lowest BCUT2D eigenvalue weighted by molar-refractivity contribution is 0.340. The van der Waals surface area contributed by atoms with Gasteiger partial charge in [0.25, 0.3) is 5.56 Å². The number of H-pyrrole nitrogens is 1. The Kier molecular flexibility index (Phi) is 3.20. The van der Waals surface area contributed by atoms with Gasteiger partial charge in [-0.25, -0.2) is 4.52 Å². The molecule has 0 unspecified atom stereocenters. The maximum Gasteiger partial charge on any atom is 0.273 e. The van der Waals surface area contributed by atoms with E-state index in [2.05, 4.69) is 10.1 Å². The first kappa shape index (κ1) is 12.7. The summed E-state index contributed by atoms with van der Waals surface area (Å²) in [4.78, 5) is 14.3. The van der Waals surface area contributed by atoms with Crippen molar-refractivity contribution in [1.29, 1.82) is 0 Å². The molecular weight excluding hydrogens is 278 g/mol. The van der Waals surface area contributed by atoms with E-state index >= 15 is 0 Å². The lowest BCUT2D eigenvalue weighted by Gasteiger charge is -2.06. The van der Waals surface area contributed by atoms with Gasteiger partial charge in [-0.2, -0.15) is 5.10 Å². The van der Waals surface area contributed by atoms with E-state index in [9.17, 15) is 4.79 Å². The summed E-state index contributed by atoms with van der Waals surface area (Å²) >= 11 is 6.16. The summed E-state index contributed by atoms with van der Waals surface area (Å²) in [5.41, 5.74) is 1.84. The fraction of sp³-hybridized carbons (Fsp3) is 0.143. The molecule has 0 bridgehead atoms. The number of hydrogen-bond donors (Lipinski definition) is 1. The smallest absolute Gasteiger partial charge is 0.273 e. The Balaban J connectivity index is 2.09. The number of nitrogens with zero attached hydrogens (tertiary/aromatic N) is 2. The van der Waals surface area contributed by atoms with Crippen LogP contribution in [0.5, 0.6) is 5.75 Å². The summed E-state index contributed by atoms with van der Waals surface area (Å²) in [5.74, 6) is 0.638. The van der Waals surface area contributed by atoms with Crippen LogP contribution in [0.25, 0.3) is 16.8 Å². The second-order valence-corrected chi connectivity index (χ2v) is 4.63. The zero-order valence-corrected chi connectivity index (χ0v) is 11.5. The van der Waals surface area contributed by atoms with Crippen LogP contribution >= 0.6 is 11.6 Å². The highest BCUT2D eigenvalue weighted by atomic mass is 35.5. The van der Waals surface area contributed by atoms with Crippen LogP contribution in [0.1, 0.15) is 6.92 Å². The number of ether oxygens (including phenoxy) is 1. The van der Waals surface area contributed by atoms with Gasteiger partial charge in [0.2, 0.25) is 0 Å². The molecule has 1 N–H and O–H groups in total. The van der Waals surface area contributed by atoms with E-state index in [1.54, 1.807) is 35.1 Å². The summed E-state index contributed by atoms with van der Waals surface area (Å²) in [7, 11) is 0. The predicted molar refractivity (Wildman–Crippen MR) is 77.4 cm³/mol. The van der Waals surface area contributed by atoms with Crippen molar-refractivity contribution in [3.05, 3.63) is 52.0 Å². The molecule has 3 rings (SSSR count). The number of nitrogens with one attached hydrogen (secondary N) is 1. The second-order valence-electron chi connectivity index (χ2n) is 4.23. The summed E-state index contributed by atoms with van der Waals surface area (Å²) in [6, 6.07) is 7.18. The van der Waals surface area contributed by atoms with Gasteiger partial charge in [-0.05, 0) is 31.2 Å². The molecule has 2 heterocycles. The van der Waals surface area contributed by atoms with Gasteiger partial charge >= 0.3 is 0 Å². The van der Waals surface area contributed by atoms with Gasteiger partial charge in [0.05, 0.1) is 17.3 Å². The molecule has 0 aliphatic heterocycles. The lowest BCUT2D eigenvalue weighted by atomic mass is 10.1. The number of rotatable bonds is 3. The van der Waals surface area contributed by atoms with Crippen molar-refractivity contribution in [2.75, 3.05) is 6.61 Å². The van der Waals surface area contributed by atoms with Gasteiger partial charge in [-0.15, -0.1) is 0 Å². The number of aromatic nitrogens is 3. The first-order valence-corrected chi connectivity index (χ1v) is 6.56. The van der Waals surface area contributed by atoms with Crippen LogP contribution in [-0.4, -0.2) is 21.2 Å². The summed E-state index contributed by atoms with van der Waals surface area (Å²) in [5, 5.41) is 4.88. The van der Waals surface area contributed by atoms with Crippen molar-refractivity contribution in [1.82, 2.24) is 14.6 Å². The van der Waals surface area contributed by atoms with E-state index in [1.165, 1.54) is 0 Å². The zero-order valence-electron chi connectivity index (χ0n) is 10.8. The molecule has 0 fully saturated rings. The van der Waals surface area contributed by atoms with Crippen molar-refractivity contribution in [2.24, 2.45) is 0 Å². The summed E-state index contributed by atoms with van der Waals surface area (Å²) in [6.45, 7) is 2.46. The molecule has 3 aromatic rings. The Morgan fingerprint density at radius 3 is 2.95 bits per heavy atom. The average Bonchev–Trinajstić information content (AvgIpc) is 2.87. The van der Waals surface area contributed by atoms with Crippen LogP contribution in [0, 0.1) is 0 Å². The Labute approximate surface area is 119 Å². The molecule has 0 spiro atoms. The molecule has 2 aromatic heterocycles. The van der Waals surface area contributed by atoms with Crippen molar-refractivity contribution >= 4 is 17.1 Å². The van der Waals surface area contributed by atoms with Gasteiger partial charge in [0.1, 0.15) is 11.3 Å². The molecule has 0 aliphatic rings. The lowest BCUT2D eigenvalue weighted by Crippen LogP contribution is -2.07. The molecular formula is C14H12ClN3O2. The number of aromatic amines is 1. The van der Waals surface area contributed by atoms with Gasteiger partial charge in [-0.3, -0.25) is 4.79 Å². The third kappa shape index (κ3) is 2.16. The molecule has 20 heavy (non-hydrogen) atoms. The summed E-state index contributed by atoms with van der Waals surface area (Å²) in [6.07, 6.45) is 3.24. The number of benzene rings is 1. The molecule has 0 radical (unpaired) electrons.